The Kier molecular flexibility index (Phi) is 2.19. The number of methoxy groups -OCH3 is 1. The summed E-state index contributed by atoms with van der Waals surface area (Å²) in [6, 6.07) is 6.79. The summed E-state index contributed by atoms with van der Waals surface area (Å²) in [6.45, 7) is 0. The second kappa shape index (κ2) is 3.27. The van der Waals surface area contributed by atoms with Crippen LogP contribution in [0.15, 0.2) is 35.4 Å². The van der Waals surface area contributed by atoms with Gasteiger partial charge in [-0.05, 0) is 12.1 Å². The van der Waals surface area contributed by atoms with E-state index in [0.29, 0.717) is 11.3 Å². The van der Waals surface area contributed by atoms with Gasteiger partial charge in [0.25, 0.3) is 10.0 Å². The van der Waals surface area contributed by atoms with Crippen LogP contribution in [0.25, 0.3) is 5.76 Å². The minimum Gasteiger partial charge on any atom is -0.495 e. The van der Waals surface area contributed by atoms with Gasteiger partial charge in [-0.1, -0.05) is 12.1 Å². The molecule has 15 heavy (non-hydrogen) atoms. The lowest BCUT2D eigenvalue weighted by Crippen LogP contribution is -2.26. The smallest absolute Gasteiger partial charge is 0.264 e. The monoisotopic (exact) mass is 225 g/mol. The van der Waals surface area contributed by atoms with E-state index < -0.39 is 10.0 Å². The fraction of sp³-hybridized carbons (Fsp3) is 0.200. The lowest BCUT2D eigenvalue weighted by molar-refractivity contribution is 0.360. The molecule has 1 aliphatic rings. The van der Waals surface area contributed by atoms with E-state index in [0.717, 1.165) is 4.31 Å². The van der Waals surface area contributed by atoms with Crippen LogP contribution in [0.5, 0.6) is 0 Å². The molecule has 0 atom stereocenters. The second-order valence-corrected chi connectivity index (χ2v) is 5.18. The molecule has 1 aromatic carbocycles. The highest BCUT2D eigenvalue weighted by atomic mass is 32.2. The first-order valence-electron chi connectivity index (χ1n) is 4.40. The van der Waals surface area contributed by atoms with Crippen molar-refractivity contribution in [3.8, 4) is 0 Å². The zero-order valence-corrected chi connectivity index (χ0v) is 9.28. The molecule has 0 N–H and O–H groups in total. The van der Waals surface area contributed by atoms with Gasteiger partial charge in [0.05, 0.1) is 18.2 Å². The van der Waals surface area contributed by atoms with Crippen molar-refractivity contribution >= 4 is 15.8 Å². The molecule has 0 spiro atoms. The molecule has 5 heteroatoms. The largest absolute Gasteiger partial charge is 0.495 e. The van der Waals surface area contributed by atoms with Crippen LogP contribution < -0.4 is 0 Å². The molecule has 4 nitrogen and oxygen atoms in total. The summed E-state index contributed by atoms with van der Waals surface area (Å²) in [5.41, 5.74) is 0.609. The highest BCUT2D eigenvalue weighted by Crippen LogP contribution is 2.31. The Morgan fingerprint density at radius 3 is 2.60 bits per heavy atom. The van der Waals surface area contributed by atoms with Gasteiger partial charge < -0.3 is 4.74 Å². The molecule has 1 heterocycles. The van der Waals surface area contributed by atoms with Crippen LogP contribution in [0.3, 0.4) is 0 Å². The number of nitrogens with zero attached hydrogens (tertiary/aromatic N) is 1. The van der Waals surface area contributed by atoms with Gasteiger partial charge in [0, 0.05) is 12.6 Å². The lowest BCUT2D eigenvalue weighted by Gasteiger charge is -2.24. The van der Waals surface area contributed by atoms with Gasteiger partial charge in [0.1, 0.15) is 5.76 Å². The molecule has 2 rings (SSSR count). The normalized spacial score (nSPS) is 18.0. The fourth-order valence-electron chi connectivity index (χ4n) is 1.52. The first-order chi connectivity index (χ1) is 7.07. The zero-order valence-electron chi connectivity index (χ0n) is 8.47. The third-order valence-electron chi connectivity index (χ3n) is 2.33. The van der Waals surface area contributed by atoms with Crippen molar-refractivity contribution < 1.29 is 13.2 Å². The number of benzene rings is 1. The molecule has 0 unspecified atom stereocenters. The maximum atomic E-state index is 11.9. The number of hydrogen-bond donors (Lipinski definition) is 0. The zero-order chi connectivity index (χ0) is 11.1. The van der Waals surface area contributed by atoms with Gasteiger partial charge in [0.2, 0.25) is 0 Å². The summed E-state index contributed by atoms with van der Waals surface area (Å²) in [6.07, 6.45) is 1.47. The van der Waals surface area contributed by atoms with Gasteiger partial charge in [0.15, 0.2) is 0 Å². The number of sulfonamides is 1. The minimum atomic E-state index is -3.39. The fourth-order valence-corrected chi connectivity index (χ4v) is 2.76. The van der Waals surface area contributed by atoms with Gasteiger partial charge in [-0.3, -0.25) is 4.31 Å². The average molecular weight is 225 g/mol. The van der Waals surface area contributed by atoms with Crippen LogP contribution in [0.4, 0.5) is 0 Å². The molecule has 0 amide bonds. The third-order valence-corrected chi connectivity index (χ3v) is 4.10. The molecule has 1 aromatic rings. The number of fused-ring (bicyclic) bond motifs is 1. The van der Waals surface area contributed by atoms with E-state index in [9.17, 15) is 8.42 Å². The summed E-state index contributed by atoms with van der Waals surface area (Å²) in [7, 11) is -0.374. The van der Waals surface area contributed by atoms with Crippen molar-refractivity contribution in [2.75, 3.05) is 14.2 Å². The van der Waals surface area contributed by atoms with Crippen molar-refractivity contribution in [3.63, 3.8) is 0 Å². The number of ether oxygens (including phenoxy) is 1. The average Bonchev–Trinajstić information content (AvgIpc) is 2.24. The topological polar surface area (TPSA) is 46.6 Å². The molecular formula is C10H11NO3S. The van der Waals surface area contributed by atoms with E-state index in [2.05, 4.69) is 0 Å². The highest BCUT2D eigenvalue weighted by molar-refractivity contribution is 7.89. The number of rotatable bonds is 1. The molecule has 0 aliphatic carbocycles. The Hall–Kier alpha value is -1.49. The maximum absolute atomic E-state index is 11.9. The SMILES string of the molecule is COC1=CN(C)S(=O)(=O)c2ccccc21. The van der Waals surface area contributed by atoms with Crippen molar-refractivity contribution in [1.29, 1.82) is 0 Å². The van der Waals surface area contributed by atoms with Crippen molar-refractivity contribution in [2.45, 2.75) is 4.90 Å². The Bertz CT molecular complexity index is 519. The molecule has 1 aliphatic heterocycles. The number of hydrogen-bond acceptors (Lipinski definition) is 3. The van der Waals surface area contributed by atoms with E-state index >= 15 is 0 Å². The summed E-state index contributed by atoms with van der Waals surface area (Å²) in [4.78, 5) is 0.284. The van der Waals surface area contributed by atoms with Gasteiger partial charge >= 0.3 is 0 Å². The maximum Gasteiger partial charge on any atom is 0.264 e. The lowest BCUT2D eigenvalue weighted by atomic mass is 10.2. The standard InChI is InChI=1S/C10H11NO3S/c1-11-7-9(14-2)8-5-3-4-6-10(8)15(11,12)13/h3-7H,1-2H3. The van der Waals surface area contributed by atoms with Crippen LogP contribution in [0, 0.1) is 0 Å². The minimum absolute atomic E-state index is 0.284. The van der Waals surface area contributed by atoms with E-state index in [1.54, 1.807) is 24.3 Å². The van der Waals surface area contributed by atoms with Gasteiger partial charge in [-0.25, -0.2) is 8.42 Å². The van der Waals surface area contributed by atoms with Crippen molar-refractivity contribution in [3.05, 3.63) is 36.0 Å². The Morgan fingerprint density at radius 1 is 1.27 bits per heavy atom. The first kappa shape index (κ1) is 10.0. The summed E-state index contributed by atoms with van der Waals surface area (Å²) in [5, 5.41) is 0. The Balaban J connectivity index is 2.75. The highest BCUT2D eigenvalue weighted by Gasteiger charge is 2.28. The predicted octanol–water partition coefficient (Wildman–Crippen LogP) is 1.27. The molecule has 0 saturated heterocycles. The van der Waals surface area contributed by atoms with Crippen molar-refractivity contribution in [1.82, 2.24) is 4.31 Å². The van der Waals surface area contributed by atoms with E-state index in [1.165, 1.54) is 20.4 Å². The van der Waals surface area contributed by atoms with Crippen molar-refractivity contribution in [2.24, 2.45) is 0 Å². The van der Waals surface area contributed by atoms with Crippen LogP contribution in [-0.2, 0) is 14.8 Å². The molecule has 0 fully saturated rings. The van der Waals surface area contributed by atoms with E-state index in [1.807, 2.05) is 0 Å². The molecule has 0 bridgehead atoms. The molecular weight excluding hydrogens is 214 g/mol. The summed E-state index contributed by atoms with van der Waals surface area (Å²) < 4.78 is 30.1. The van der Waals surface area contributed by atoms with Crippen LogP contribution >= 0.6 is 0 Å². The van der Waals surface area contributed by atoms with Crippen LogP contribution in [0.2, 0.25) is 0 Å². The Labute approximate surface area is 88.8 Å². The molecule has 80 valence electrons. The molecule has 0 saturated carbocycles. The second-order valence-electron chi connectivity index (χ2n) is 3.21. The molecule has 0 aromatic heterocycles. The summed E-state index contributed by atoms with van der Waals surface area (Å²) in [5.74, 6) is 0.558. The predicted molar refractivity (Wildman–Crippen MR) is 56.4 cm³/mol. The Morgan fingerprint density at radius 2 is 1.93 bits per heavy atom. The summed E-state index contributed by atoms with van der Waals surface area (Å²) >= 11 is 0. The first-order valence-corrected chi connectivity index (χ1v) is 5.84. The van der Waals surface area contributed by atoms with E-state index in [-0.39, 0.29) is 4.90 Å². The molecule has 0 radical (unpaired) electrons. The van der Waals surface area contributed by atoms with Gasteiger partial charge in [-0.2, -0.15) is 0 Å². The third kappa shape index (κ3) is 1.39. The quantitative estimate of drug-likeness (QED) is 0.723. The van der Waals surface area contributed by atoms with Gasteiger partial charge in [-0.15, -0.1) is 0 Å². The van der Waals surface area contributed by atoms with Crippen LogP contribution in [-0.4, -0.2) is 26.9 Å². The van der Waals surface area contributed by atoms with E-state index in [4.69, 9.17) is 4.74 Å². The van der Waals surface area contributed by atoms with Crippen LogP contribution in [0.1, 0.15) is 5.56 Å².